The molecule has 2 saturated heterocycles. The highest BCUT2D eigenvalue weighted by Crippen LogP contribution is 2.33. The molecular weight excluding hydrogens is 580 g/mol. The molecule has 0 radical (unpaired) electrons. The maximum absolute atomic E-state index is 13.2. The summed E-state index contributed by atoms with van der Waals surface area (Å²) >= 11 is 0. The molecule has 4 aromatic rings. The fraction of sp³-hybridized carbons (Fsp3) is 0.429. The molecule has 0 aliphatic carbocycles. The van der Waals surface area contributed by atoms with Gasteiger partial charge in [0, 0.05) is 56.1 Å². The number of amides is 1. The Labute approximate surface area is 270 Å². The Bertz CT molecular complexity index is 1660. The zero-order valence-electron chi connectivity index (χ0n) is 26.9. The molecule has 240 valence electrons. The number of pyridine rings is 2. The Morgan fingerprint density at radius 3 is 2.59 bits per heavy atom. The number of nitriles is 1. The molecule has 6 rings (SSSR count). The summed E-state index contributed by atoms with van der Waals surface area (Å²) in [5.41, 5.74) is 2.53. The molecule has 46 heavy (non-hydrogen) atoms. The largest absolute Gasteiger partial charge is 0.492 e. The second-order valence-corrected chi connectivity index (χ2v) is 12.4. The van der Waals surface area contributed by atoms with Crippen LogP contribution in [0.4, 0.5) is 10.6 Å². The van der Waals surface area contributed by atoms with Crippen LogP contribution in [0.3, 0.4) is 0 Å². The van der Waals surface area contributed by atoms with E-state index in [4.69, 9.17) is 14.5 Å². The van der Waals surface area contributed by atoms with Crippen molar-refractivity contribution >= 4 is 17.4 Å². The lowest BCUT2D eigenvalue weighted by Crippen LogP contribution is -2.61. The zero-order valence-corrected chi connectivity index (χ0v) is 26.9. The molecule has 1 amide bonds. The van der Waals surface area contributed by atoms with Crippen LogP contribution in [0.2, 0.25) is 0 Å². The van der Waals surface area contributed by atoms with Gasteiger partial charge in [-0.05, 0) is 77.0 Å². The van der Waals surface area contributed by atoms with Crippen molar-refractivity contribution < 1.29 is 14.3 Å². The second-order valence-electron chi connectivity index (χ2n) is 12.4. The number of hydrogen-bond acceptors (Lipinski definition) is 9. The van der Waals surface area contributed by atoms with Gasteiger partial charge in [-0.2, -0.15) is 10.4 Å². The van der Waals surface area contributed by atoms with Crippen molar-refractivity contribution in [3.8, 4) is 28.7 Å². The molecule has 2 fully saturated rings. The Morgan fingerprint density at radius 1 is 1.07 bits per heavy atom. The van der Waals surface area contributed by atoms with Crippen LogP contribution in [0, 0.1) is 11.3 Å². The third-order valence-electron chi connectivity index (χ3n) is 9.35. The average molecular weight is 623 g/mol. The van der Waals surface area contributed by atoms with E-state index in [-0.39, 0.29) is 0 Å². The van der Waals surface area contributed by atoms with Crippen molar-refractivity contribution in [3.63, 3.8) is 0 Å². The number of rotatable bonds is 8. The predicted octanol–water partition coefficient (Wildman–Crippen LogP) is 4.82. The van der Waals surface area contributed by atoms with Gasteiger partial charge in [-0.15, -0.1) is 0 Å². The first-order chi connectivity index (χ1) is 22.4. The van der Waals surface area contributed by atoms with Crippen LogP contribution in [-0.2, 0) is 0 Å². The van der Waals surface area contributed by atoms with Crippen LogP contribution in [0.25, 0.3) is 16.6 Å². The minimum absolute atomic E-state index is 0.417. The molecule has 5 heterocycles. The lowest BCUT2D eigenvalue weighted by Gasteiger charge is -2.44. The maximum Gasteiger partial charge on any atom is 0.413 e. The molecular formula is C35H42N8O3. The smallest absolute Gasteiger partial charge is 0.413 e. The van der Waals surface area contributed by atoms with Gasteiger partial charge in [-0.3, -0.25) is 4.90 Å². The fourth-order valence-electron chi connectivity index (χ4n) is 6.51. The van der Waals surface area contributed by atoms with E-state index in [1.807, 2.05) is 49.5 Å². The summed E-state index contributed by atoms with van der Waals surface area (Å²) in [6.07, 6.45) is 7.42. The molecule has 0 saturated carbocycles. The molecule has 11 nitrogen and oxygen atoms in total. The number of anilines is 1. The van der Waals surface area contributed by atoms with Gasteiger partial charge in [-0.1, -0.05) is 18.2 Å². The van der Waals surface area contributed by atoms with E-state index >= 15 is 0 Å². The summed E-state index contributed by atoms with van der Waals surface area (Å²) in [5.74, 6) is 2.09. The molecule has 0 spiro atoms. The van der Waals surface area contributed by atoms with E-state index in [9.17, 15) is 10.1 Å². The minimum Gasteiger partial charge on any atom is -0.492 e. The topological polar surface area (TPSA) is 111 Å². The standard InChI is InChI=1S/C35H42N8O3/c1-4-45-30-20-31(33-28(21-36)23-38-43(33)24-30)27-10-11-32(37-22-27)42-16-13-35(14-17-42,25-41-15-12-26(2)40(3)18-19-41)39-34(44)46-29-8-6-5-7-9-29/h5-11,20,22-24,26H,4,12-19,25H2,1-3H3,(H,39,44)/t26-/m0/s1. The van der Waals surface area contributed by atoms with Crippen LogP contribution < -0.4 is 19.7 Å². The summed E-state index contributed by atoms with van der Waals surface area (Å²) in [5, 5.41) is 17.4. The van der Waals surface area contributed by atoms with Crippen molar-refractivity contribution in [1.82, 2.24) is 29.7 Å². The Kier molecular flexibility index (Phi) is 9.38. The number of aromatic nitrogens is 3. The van der Waals surface area contributed by atoms with Crippen LogP contribution in [0.15, 0.2) is 67.1 Å². The molecule has 2 aliphatic rings. The lowest BCUT2D eigenvalue weighted by molar-refractivity contribution is 0.138. The number of fused-ring (bicyclic) bond motifs is 1. The number of carbonyl (C=O) groups excluding carboxylic acids is 1. The molecule has 2 aliphatic heterocycles. The summed E-state index contributed by atoms with van der Waals surface area (Å²) in [6.45, 7) is 9.97. The first-order valence-electron chi connectivity index (χ1n) is 16.1. The van der Waals surface area contributed by atoms with Crippen LogP contribution in [-0.4, -0.2) is 95.0 Å². The lowest BCUT2D eigenvalue weighted by atomic mass is 9.86. The molecule has 1 N–H and O–H groups in total. The molecule has 0 unspecified atom stereocenters. The fourth-order valence-corrected chi connectivity index (χ4v) is 6.51. The highest BCUT2D eigenvalue weighted by Gasteiger charge is 2.39. The monoisotopic (exact) mass is 622 g/mol. The second kappa shape index (κ2) is 13.8. The maximum atomic E-state index is 13.2. The van der Waals surface area contributed by atoms with Crippen LogP contribution >= 0.6 is 0 Å². The molecule has 1 atom stereocenters. The van der Waals surface area contributed by atoms with Gasteiger partial charge < -0.3 is 24.6 Å². The number of benzene rings is 1. The summed E-state index contributed by atoms with van der Waals surface area (Å²) in [6, 6.07) is 18.0. The number of para-hydroxylation sites is 1. The first kappa shape index (κ1) is 31.3. The van der Waals surface area contributed by atoms with Crippen LogP contribution in [0.5, 0.6) is 11.5 Å². The molecule has 3 aromatic heterocycles. The summed E-state index contributed by atoms with van der Waals surface area (Å²) in [7, 11) is 2.19. The van der Waals surface area contributed by atoms with Crippen LogP contribution in [0.1, 0.15) is 38.7 Å². The molecule has 1 aromatic carbocycles. The minimum atomic E-state index is -0.421. The van der Waals surface area contributed by atoms with Gasteiger partial charge in [-0.25, -0.2) is 14.3 Å². The number of nitrogens with one attached hydrogen (secondary N) is 1. The van der Waals surface area contributed by atoms with Crippen molar-refractivity contribution in [2.75, 3.05) is 57.8 Å². The Morgan fingerprint density at radius 2 is 1.87 bits per heavy atom. The molecule has 11 heteroatoms. The highest BCUT2D eigenvalue weighted by molar-refractivity contribution is 5.85. The predicted molar refractivity (Wildman–Crippen MR) is 177 cm³/mol. The van der Waals surface area contributed by atoms with Crippen molar-refractivity contribution in [1.29, 1.82) is 5.26 Å². The number of carbonyl (C=O) groups is 1. The average Bonchev–Trinajstić information content (AvgIpc) is 3.42. The molecule has 0 bridgehead atoms. The Balaban J connectivity index is 1.19. The number of ether oxygens (including phenoxy) is 2. The van der Waals surface area contributed by atoms with Gasteiger partial charge >= 0.3 is 6.09 Å². The first-order valence-corrected chi connectivity index (χ1v) is 16.1. The SMILES string of the molecule is CCOc1cc(-c2ccc(N3CCC(CN4CC[C@H](C)N(C)CC4)(NC(=O)Oc4ccccc4)CC3)nc2)c2c(C#N)cnn2c1. The Hall–Kier alpha value is -4.66. The normalized spacial score (nSPS) is 18.9. The summed E-state index contributed by atoms with van der Waals surface area (Å²) < 4.78 is 13.1. The van der Waals surface area contributed by atoms with Gasteiger partial charge in [0.25, 0.3) is 0 Å². The van der Waals surface area contributed by atoms with E-state index < -0.39 is 11.6 Å². The van der Waals surface area contributed by atoms with Gasteiger partial charge in [0.2, 0.25) is 0 Å². The van der Waals surface area contributed by atoms with E-state index in [2.05, 4.69) is 45.2 Å². The van der Waals surface area contributed by atoms with E-state index in [0.717, 1.165) is 81.0 Å². The van der Waals surface area contributed by atoms with Gasteiger partial charge in [0.15, 0.2) is 0 Å². The number of hydrogen-bond donors (Lipinski definition) is 1. The number of piperidine rings is 1. The number of likely N-dealkylation sites (N-methyl/N-ethyl adjacent to an activating group) is 1. The van der Waals surface area contributed by atoms with E-state index in [0.29, 0.717) is 29.7 Å². The van der Waals surface area contributed by atoms with Crippen molar-refractivity contribution in [2.45, 2.75) is 44.7 Å². The third-order valence-corrected chi connectivity index (χ3v) is 9.35. The van der Waals surface area contributed by atoms with E-state index in [1.54, 1.807) is 29.0 Å². The van der Waals surface area contributed by atoms with Crippen molar-refractivity contribution in [3.05, 3.63) is 72.7 Å². The quantitative estimate of drug-likeness (QED) is 0.296. The zero-order chi connectivity index (χ0) is 32.1. The van der Waals surface area contributed by atoms with Gasteiger partial charge in [0.1, 0.15) is 23.4 Å². The van der Waals surface area contributed by atoms with Gasteiger partial charge in [0.05, 0.1) is 35.6 Å². The van der Waals surface area contributed by atoms with E-state index in [1.165, 1.54) is 0 Å². The summed E-state index contributed by atoms with van der Waals surface area (Å²) in [4.78, 5) is 25.2. The third kappa shape index (κ3) is 6.93. The number of nitrogens with zero attached hydrogens (tertiary/aromatic N) is 7. The highest BCUT2D eigenvalue weighted by atomic mass is 16.6. The van der Waals surface area contributed by atoms with Crippen molar-refractivity contribution in [2.24, 2.45) is 0 Å².